The highest BCUT2D eigenvalue weighted by molar-refractivity contribution is 6.02. The molecule has 15 heteroatoms. The standard InChI is InChI=1S/C21H30N2O7.C14H17NO5/c1-12-14-10-21(17(24)27-6,18(25)28-7)11-15(14)13(2)23-16(12)29-9-8-22-19(26)30-20(3,4)5;1-7-9-5-14(12(17)19-3,13(18)20-4)6-10(9)8(2)15-11(7)16/h8-11H2,1-7H3,(H,22,26);5-6H2,1-4H3,(H,15,16). The Hall–Kier alpha value is -4.95. The number of nitrogens with one attached hydrogen (secondary N) is 2. The first-order chi connectivity index (χ1) is 23.3. The van der Waals surface area contributed by atoms with Gasteiger partial charge in [0.05, 0.1) is 35.0 Å². The van der Waals surface area contributed by atoms with Crippen LogP contribution in [0.15, 0.2) is 4.79 Å². The van der Waals surface area contributed by atoms with E-state index in [9.17, 15) is 28.8 Å². The third-order valence-corrected chi connectivity index (χ3v) is 8.98. The van der Waals surface area contributed by atoms with Crippen LogP contribution >= 0.6 is 0 Å². The quantitative estimate of drug-likeness (QED) is 0.176. The van der Waals surface area contributed by atoms with E-state index in [1.807, 2.05) is 6.92 Å². The van der Waals surface area contributed by atoms with Crippen molar-refractivity contribution in [3.8, 4) is 5.88 Å². The van der Waals surface area contributed by atoms with Gasteiger partial charge in [0.25, 0.3) is 5.56 Å². The third kappa shape index (κ3) is 7.76. The summed E-state index contributed by atoms with van der Waals surface area (Å²) >= 11 is 0. The Bertz CT molecular complexity index is 1710. The van der Waals surface area contributed by atoms with E-state index >= 15 is 0 Å². The zero-order valence-electron chi connectivity index (χ0n) is 30.6. The van der Waals surface area contributed by atoms with E-state index in [0.29, 0.717) is 22.8 Å². The van der Waals surface area contributed by atoms with Crippen molar-refractivity contribution in [3.63, 3.8) is 0 Å². The van der Waals surface area contributed by atoms with Crippen molar-refractivity contribution in [2.75, 3.05) is 41.6 Å². The van der Waals surface area contributed by atoms with Gasteiger partial charge in [-0.1, -0.05) is 0 Å². The van der Waals surface area contributed by atoms with Crippen molar-refractivity contribution in [2.45, 2.75) is 79.8 Å². The van der Waals surface area contributed by atoms with Crippen molar-refractivity contribution < 1.29 is 52.4 Å². The number of rotatable bonds is 8. The van der Waals surface area contributed by atoms with Crippen LogP contribution in [0, 0.1) is 38.5 Å². The molecule has 1 amide bonds. The molecule has 2 N–H and O–H groups in total. The molecule has 0 aromatic carbocycles. The summed E-state index contributed by atoms with van der Waals surface area (Å²) in [5.41, 5.74) is 2.23. The summed E-state index contributed by atoms with van der Waals surface area (Å²) in [6, 6.07) is 0. The summed E-state index contributed by atoms with van der Waals surface area (Å²) in [6.07, 6.45) is 0.121. The van der Waals surface area contributed by atoms with E-state index in [1.165, 1.54) is 28.4 Å². The lowest BCUT2D eigenvalue weighted by molar-refractivity contribution is -0.170. The Labute approximate surface area is 290 Å². The number of H-pyrrole nitrogens is 1. The normalized spacial score (nSPS) is 14.9. The van der Waals surface area contributed by atoms with Crippen molar-refractivity contribution in [3.05, 3.63) is 55.1 Å². The monoisotopic (exact) mass is 701 g/mol. The third-order valence-electron chi connectivity index (χ3n) is 8.98. The van der Waals surface area contributed by atoms with Crippen LogP contribution in [0.5, 0.6) is 5.88 Å². The van der Waals surface area contributed by atoms with Crippen molar-refractivity contribution >= 4 is 30.0 Å². The molecule has 0 radical (unpaired) electrons. The van der Waals surface area contributed by atoms with E-state index in [1.54, 1.807) is 41.5 Å². The van der Waals surface area contributed by atoms with Gasteiger partial charge < -0.3 is 38.7 Å². The van der Waals surface area contributed by atoms with Crippen LogP contribution in [0.2, 0.25) is 0 Å². The predicted molar refractivity (Wildman–Crippen MR) is 178 cm³/mol. The van der Waals surface area contributed by atoms with Crippen molar-refractivity contribution in [1.82, 2.24) is 15.3 Å². The Kier molecular flexibility index (Phi) is 12.1. The number of amides is 1. The Morgan fingerprint density at radius 1 is 0.720 bits per heavy atom. The van der Waals surface area contributed by atoms with Crippen LogP contribution in [0.25, 0.3) is 0 Å². The number of alkyl carbamates (subject to hydrolysis) is 1. The highest BCUT2D eigenvalue weighted by Crippen LogP contribution is 2.44. The fourth-order valence-electron chi connectivity index (χ4n) is 6.37. The summed E-state index contributed by atoms with van der Waals surface area (Å²) < 4.78 is 30.3. The largest absolute Gasteiger partial charge is 0.476 e. The fourth-order valence-corrected chi connectivity index (χ4v) is 6.37. The van der Waals surface area contributed by atoms with Gasteiger partial charge in [0, 0.05) is 48.2 Å². The minimum atomic E-state index is -1.42. The highest BCUT2D eigenvalue weighted by atomic mass is 16.6. The molecule has 50 heavy (non-hydrogen) atoms. The molecule has 2 heterocycles. The van der Waals surface area contributed by atoms with Crippen molar-refractivity contribution in [2.24, 2.45) is 10.8 Å². The Balaban J connectivity index is 0.000000292. The fraction of sp³-hybridized carbons (Fsp3) is 0.571. The first kappa shape index (κ1) is 39.5. The number of hydrogen-bond donors (Lipinski definition) is 2. The van der Waals surface area contributed by atoms with Crippen molar-refractivity contribution in [1.29, 1.82) is 0 Å². The maximum absolute atomic E-state index is 12.5. The van der Waals surface area contributed by atoms with Crippen LogP contribution in [0.3, 0.4) is 0 Å². The lowest BCUT2D eigenvalue weighted by Crippen LogP contribution is -2.42. The number of nitrogens with zero attached hydrogens (tertiary/aromatic N) is 1. The summed E-state index contributed by atoms with van der Waals surface area (Å²) in [6.45, 7) is 12.8. The molecule has 0 aliphatic heterocycles. The van der Waals surface area contributed by atoms with E-state index in [4.69, 9.17) is 28.4 Å². The molecule has 0 spiro atoms. The maximum Gasteiger partial charge on any atom is 0.407 e. The summed E-state index contributed by atoms with van der Waals surface area (Å²) in [5.74, 6) is -2.14. The summed E-state index contributed by atoms with van der Waals surface area (Å²) in [5, 5.41) is 2.62. The number of aryl methyl sites for hydroxylation is 2. The maximum atomic E-state index is 12.5. The van der Waals surface area contributed by atoms with Crippen LogP contribution in [-0.4, -0.2) is 87.1 Å². The molecular weight excluding hydrogens is 654 g/mol. The number of aromatic amines is 1. The second-order valence-electron chi connectivity index (χ2n) is 13.4. The lowest BCUT2D eigenvalue weighted by Gasteiger charge is -2.22. The molecule has 0 saturated carbocycles. The smallest absolute Gasteiger partial charge is 0.407 e. The molecule has 15 nitrogen and oxygen atoms in total. The number of methoxy groups -OCH3 is 4. The van der Waals surface area contributed by atoms with E-state index in [0.717, 1.165) is 27.8 Å². The van der Waals surface area contributed by atoms with Gasteiger partial charge in [-0.15, -0.1) is 0 Å². The minimum Gasteiger partial charge on any atom is -0.476 e. The van der Waals surface area contributed by atoms with Gasteiger partial charge in [0.1, 0.15) is 12.2 Å². The molecule has 0 atom stereocenters. The number of ether oxygens (including phenoxy) is 6. The first-order valence-electron chi connectivity index (χ1n) is 16.0. The van der Waals surface area contributed by atoms with E-state index < -0.39 is 46.4 Å². The number of aromatic nitrogens is 2. The zero-order valence-corrected chi connectivity index (χ0v) is 30.6. The summed E-state index contributed by atoms with van der Waals surface area (Å²) in [7, 11) is 4.97. The molecule has 2 aliphatic carbocycles. The second kappa shape index (κ2) is 15.3. The second-order valence-corrected chi connectivity index (χ2v) is 13.4. The van der Waals surface area contributed by atoms with Gasteiger partial charge in [0.2, 0.25) is 5.88 Å². The van der Waals surface area contributed by atoms with Gasteiger partial charge in [-0.05, 0) is 70.7 Å². The lowest BCUT2D eigenvalue weighted by atomic mass is 9.84. The average Bonchev–Trinajstić information content (AvgIpc) is 3.69. The molecule has 2 aromatic heterocycles. The van der Waals surface area contributed by atoms with E-state index in [2.05, 4.69) is 15.3 Å². The molecule has 2 aliphatic rings. The number of esters is 4. The molecule has 2 aromatic rings. The molecule has 0 bridgehead atoms. The molecule has 4 rings (SSSR count). The van der Waals surface area contributed by atoms with Gasteiger partial charge in [0.15, 0.2) is 10.8 Å². The zero-order chi connectivity index (χ0) is 37.8. The first-order valence-corrected chi connectivity index (χ1v) is 16.0. The predicted octanol–water partition coefficient (Wildman–Crippen LogP) is 2.46. The summed E-state index contributed by atoms with van der Waals surface area (Å²) in [4.78, 5) is 79.8. The van der Waals surface area contributed by atoms with E-state index in [-0.39, 0.29) is 44.4 Å². The molecule has 0 unspecified atom stereocenters. The highest BCUT2D eigenvalue weighted by Gasteiger charge is 2.55. The Morgan fingerprint density at radius 3 is 1.62 bits per heavy atom. The number of carbonyl (C=O) groups is 5. The number of fused-ring (bicyclic) bond motifs is 2. The average molecular weight is 702 g/mol. The van der Waals surface area contributed by atoms with Crippen LogP contribution in [0.1, 0.15) is 65.5 Å². The Morgan fingerprint density at radius 2 is 1.16 bits per heavy atom. The van der Waals surface area contributed by atoms with Crippen LogP contribution < -0.4 is 15.6 Å². The molecule has 274 valence electrons. The van der Waals surface area contributed by atoms with Gasteiger partial charge in [-0.25, -0.2) is 9.78 Å². The topological polar surface area (TPSA) is 199 Å². The number of pyridine rings is 2. The SMILES string of the molecule is COC(=O)C1(C(=O)OC)Cc2c(C)[nH]c(=O)c(C)c2C1.COC(=O)C1(C(=O)OC)Cc2c(C)nc(OCCNC(=O)OC(C)(C)C)c(C)c2C1. The van der Waals surface area contributed by atoms with Gasteiger partial charge in [-0.2, -0.15) is 0 Å². The number of carbonyl (C=O) groups excluding carboxylic acids is 5. The number of hydrogen-bond acceptors (Lipinski definition) is 13. The molecule has 0 saturated heterocycles. The molecular formula is C35H47N3O12. The van der Waals surface area contributed by atoms with Gasteiger partial charge >= 0.3 is 30.0 Å². The van der Waals surface area contributed by atoms with Gasteiger partial charge in [-0.3, -0.25) is 24.0 Å². The van der Waals surface area contributed by atoms with Crippen LogP contribution in [0.4, 0.5) is 4.79 Å². The molecule has 0 fully saturated rings. The van der Waals surface area contributed by atoms with Crippen LogP contribution in [-0.2, 0) is 68.5 Å². The minimum absolute atomic E-state index is 0.137.